The number of hydrogen-bond acceptors (Lipinski definition) is 3. The molecular formula is C8H9N3O. The van der Waals surface area contributed by atoms with Gasteiger partial charge in [-0.1, -0.05) is 0 Å². The summed E-state index contributed by atoms with van der Waals surface area (Å²) >= 11 is 0. The smallest absolute Gasteiger partial charge is 0.181 e. The molecule has 62 valence electrons. The van der Waals surface area contributed by atoms with Crippen LogP contribution in [0.4, 0.5) is 0 Å². The van der Waals surface area contributed by atoms with Crippen molar-refractivity contribution in [2.45, 2.75) is 6.92 Å². The van der Waals surface area contributed by atoms with Gasteiger partial charge in [-0.25, -0.2) is 9.97 Å². The van der Waals surface area contributed by atoms with Crippen molar-refractivity contribution in [3.63, 3.8) is 0 Å². The topological polar surface area (TPSA) is 39.9 Å². The third-order valence-corrected chi connectivity index (χ3v) is 1.73. The second kappa shape index (κ2) is 2.48. The quantitative estimate of drug-likeness (QED) is 0.624. The third-order valence-electron chi connectivity index (χ3n) is 1.73. The number of fused-ring (bicyclic) bond motifs is 1. The molecule has 4 heteroatoms. The summed E-state index contributed by atoms with van der Waals surface area (Å²) in [6, 6.07) is 3.78. The third kappa shape index (κ3) is 0.845. The van der Waals surface area contributed by atoms with E-state index in [0.29, 0.717) is 0 Å². The first-order chi connectivity index (χ1) is 5.83. The monoisotopic (exact) mass is 163 g/mol. The van der Waals surface area contributed by atoms with Crippen molar-refractivity contribution in [3.05, 3.63) is 24.2 Å². The van der Waals surface area contributed by atoms with Gasteiger partial charge in [-0.05, 0) is 19.1 Å². The van der Waals surface area contributed by atoms with E-state index in [1.165, 1.54) is 0 Å². The van der Waals surface area contributed by atoms with Crippen LogP contribution in [-0.4, -0.2) is 21.8 Å². The summed E-state index contributed by atoms with van der Waals surface area (Å²) in [7, 11) is 1.61. The fourth-order valence-corrected chi connectivity index (χ4v) is 1.24. The highest BCUT2D eigenvalue weighted by molar-refractivity contribution is 5.70. The largest absolute Gasteiger partial charge is 0.415 e. The van der Waals surface area contributed by atoms with Crippen LogP contribution in [0.3, 0.4) is 0 Å². The number of nitrogens with zero attached hydrogens (tertiary/aromatic N) is 3. The summed E-state index contributed by atoms with van der Waals surface area (Å²) in [4.78, 5) is 13.4. The fourth-order valence-electron chi connectivity index (χ4n) is 1.24. The van der Waals surface area contributed by atoms with Crippen molar-refractivity contribution in [2.24, 2.45) is 0 Å². The van der Waals surface area contributed by atoms with E-state index < -0.39 is 0 Å². The van der Waals surface area contributed by atoms with Gasteiger partial charge in [-0.15, -0.1) is 0 Å². The maximum atomic E-state index is 5.11. The van der Waals surface area contributed by atoms with Crippen LogP contribution >= 0.6 is 0 Å². The molecule has 0 fully saturated rings. The first-order valence-electron chi connectivity index (χ1n) is 3.67. The van der Waals surface area contributed by atoms with Crippen LogP contribution in [0.2, 0.25) is 0 Å². The number of pyridine rings is 1. The zero-order chi connectivity index (χ0) is 8.55. The number of imidazole rings is 1. The average Bonchev–Trinajstić information content (AvgIpc) is 2.40. The molecule has 0 saturated heterocycles. The molecule has 2 aromatic heterocycles. The number of rotatable bonds is 1. The minimum atomic E-state index is 0.719. The number of aryl methyl sites for hydroxylation is 1. The molecule has 0 unspecified atom stereocenters. The van der Waals surface area contributed by atoms with Gasteiger partial charge in [-0.3, -0.25) is 0 Å². The molecule has 0 radical (unpaired) electrons. The second-order valence-electron chi connectivity index (χ2n) is 2.48. The Balaban J connectivity index is 2.81. The molecule has 2 rings (SSSR count). The molecule has 2 heterocycles. The molecule has 0 bridgehead atoms. The standard InChI is InChI=1S/C8H9N3O/c1-6-10-8-7(11(6)12-2)4-3-5-9-8/h3-5H,1-2H3. The lowest BCUT2D eigenvalue weighted by molar-refractivity contribution is 0.171. The van der Waals surface area contributed by atoms with E-state index in [0.717, 1.165) is 17.0 Å². The van der Waals surface area contributed by atoms with E-state index in [4.69, 9.17) is 4.84 Å². The Morgan fingerprint density at radius 2 is 2.33 bits per heavy atom. The van der Waals surface area contributed by atoms with Gasteiger partial charge in [0.1, 0.15) is 18.5 Å². The average molecular weight is 163 g/mol. The number of aromatic nitrogens is 3. The molecule has 0 aromatic carbocycles. The Morgan fingerprint density at radius 3 is 3.08 bits per heavy atom. The van der Waals surface area contributed by atoms with Gasteiger partial charge < -0.3 is 4.84 Å². The van der Waals surface area contributed by atoms with Gasteiger partial charge in [0.2, 0.25) is 0 Å². The Labute approximate surface area is 69.8 Å². The molecular weight excluding hydrogens is 154 g/mol. The molecule has 0 spiro atoms. The molecule has 0 aliphatic heterocycles. The van der Waals surface area contributed by atoms with E-state index in [-0.39, 0.29) is 0 Å². The predicted molar refractivity (Wildman–Crippen MR) is 44.8 cm³/mol. The Kier molecular flexibility index (Phi) is 1.46. The van der Waals surface area contributed by atoms with E-state index in [2.05, 4.69) is 9.97 Å². The zero-order valence-electron chi connectivity index (χ0n) is 6.98. The molecule has 0 aliphatic rings. The highest BCUT2D eigenvalue weighted by Crippen LogP contribution is 2.10. The summed E-state index contributed by atoms with van der Waals surface area (Å²) in [5.74, 6) is 0.811. The minimum Gasteiger partial charge on any atom is -0.415 e. The van der Waals surface area contributed by atoms with Crippen LogP contribution in [0.15, 0.2) is 18.3 Å². The van der Waals surface area contributed by atoms with E-state index >= 15 is 0 Å². The Morgan fingerprint density at radius 1 is 1.50 bits per heavy atom. The van der Waals surface area contributed by atoms with Crippen molar-refractivity contribution in [1.82, 2.24) is 14.7 Å². The normalized spacial score (nSPS) is 10.5. The SMILES string of the molecule is COn1c(C)nc2ncccc21. The molecule has 0 aliphatic carbocycles. The summed E-state index contributed by atoms with van der Waals surface area (Å²) in [5.41, 5.74) is 1.62. The van der Waals surface area contributed by atoms with Gasteiger partial charge >= 0.3 is 0 Å². The van der Waals surface area contributed by atoms with Gasteiger partial charge in [-0.2, -0.15) is 4.73 Å². The highest BCUT2D eigenvalue weighted by Gasteiger charge is 2.05. The predicted octanol–water partition coefficient (Wildman–Crippen LogP) is 0.798. The highest BCUT2D eigenvalue weighted by atomic mass is 16.6. The Bertz CT molecular complexity index is 408. The zero-order valence-corrected chi connectivity index (χ0v) is 6.98. The summed E-state index contributed by atoms with van der Waals surface area (Å²) < 4.78 is 1.66. The van der Waals surface area contributed by atoms with Crippen LogP contribution in [-0.2, 0) is 0 Å². The maximum Gasteiger partial charge on any atom is 0.181 e. The van der Waals surface area contributed by atoms with Crippen LogP contribution in [0.5, 0.6) is 0 Å². The van der Waals surface area contributed by atoms with Crippen molar-refractivity contribution in [3.8, 4) is 0 Å². The van der Waals surface area contributed by atoms with Gasteiger partial charge in [0, 0.05) is 6.20 Å². The lowest BCUT2D eigenvalue weighted by atomic mass is 10.4. The fraction of sp³-hybridized carbons (Fsp3) is 0.250. The molecule has 0 N–H and O–H groups in total. The van der Waals surface area contributed by atoms with Crippen LogP contribution in [0.1, 0.15) is 5.82 Å². The summed E-state index contributed by atoms with van der Waals surface area (Å²) in [6.07, 6.45) is 1.72. The molecule has 0 amide bonds. The van der Waals surface area contributed by atoms with Gasteiger partial charge in [0.05, 0.1) is 0 Å². The first kappa shape index (κ1) is 7.09. The van der Waals surface area contributed by atoms with Crippen LogP contribution in [0, 0.1) is 6.92 Å². The first-order valence-corrected chi connectivity index (χ1v) is 3.67. The molecule has 12 heavy (non-hydrogen) atoms. The van der Waals surface area contributed by atoms with Gasteiger partial charge in [0.25, 0.3) is 0 Å². The second-order valence-corrected chi connectivity index (χ2v) is 2.48. The molecule has 2 aromatic rings. The van der Waals surface area contributed by atoms with Crippen molar-refractivity contribution >= 4 is 11.2 Å². The van der Waals surface area contributed by atoms with Crippen LogP contribution in [0.25, 0.3) is 11.2 Å². The van der Waals surface area contributed by atoms with E-state index in [9.17, 15) is 0 Å². The van der Waals surface area contributed by atoms with Crippen molar-refractivity contribution < 1.29 is 4.84 Å². The van der Waals surface area contributed by atoms with E-state index in [1.54, 1.807) is 18.0 Å². The van der Waals surface area contributed by atoms with Crippen molar-refractivity contribution in [1.29, 1.82) is 0 Å². The maximum absolute atomic E-state index is 5.11. The van der Waals surface area contributed by atoms with E-state index in [1.807, 2.05) is 19.1 Å². The summed E-state index contributed by atoms with van der Waals surface area (Å²) in [5, 5.41) is 0. The lowest BCUT2D eigenvalue weighted by Crippen LogP contribution is -2.06. The molecule has 4 nitrogen and oxygen atoms in total. The minimum absolute atomic E-state index is 0.719. The Hall–Kier alpha value is -1.58. The lowest BCUT2D eigenvalue weighted by Gasteiger charge is -2.01. The molecule has 0 saturated carbocycles. The van der Waals surface area contributed by atoms with Crippen molar-refractivity contribution in [2.75, 3.05) is 7.11 Å². The van der Waals surface area contributed by atoms with Crippen LogP contribution < -0.4 is 4.84 Å². The molecule has 0 atom stereocenters. The number of hydrogen-bond donors (Lipinski definition) is 0. The summed E-state index contributed by atoms with van der Waals surface area (Å²) in [6.45, 7) is 1.88. The van der Waals surface area contributed by atoms with Gasteiger partial charge in [0.15, 0.2) is 5.65 Å².